The molecule has 0 aromatic carbocycles. The minimum Gasteiger partial charge on any atom is -0.389 e. The Morgan fingerprint density at radius 2 is 0.634 bits per heavy atom. The van der Waals surface area contributed by atoms with Gasteiger partial charge in [-0.15, -0.1) is 22.6 Å². The minimum absolute atomic E-state index is 0. The lowest BCUT2D eigenvalue weighted by Gasteiger charge is -2.47. The van der Waals surface area contributed by atoms with Gasteiger partial charge in [-0.1, -0.05) is 21.6 Å². The number of nitrogens with zero attached hydrogens (tertiary/aromatic N) is 6. The highest BCUT2D eigenvalue weighted by Gasteiger charge is 2.58. The third kappa shape index (κ3) is 17.9. The first-order valence-corrected chi connectivity index (χ1v) is 33.8. The number of aliphatic hydroxyl groups is 12. The van der Waals surface area contributed by atoms with Gasteiger partial charge in [-0.2, -0.15) is 0 Å². The zero-order valence-corrected chi connectivity index (χ0v) is 56.7. The Hall–Kier alpha value is -3.13. The normalized spacial score (nSPS) is 47.1. The fraction of sp³-hybridized carbons (Fsp3) is 0.897. The van der Waals surface area contributed by atoms with Gasteiger partial charge in [0, 0.05) is 62.7 Å². The second kappa shape index (κ2) is 35.3. The predicted molar refractivity (Wildman–Crippen MR) is 345 cm³/mol. The monoisotopic (exact) mass is 1470 g/mol. The molecule has 6 aliphatic heterocycles. The highest BCUT2D eigenvalue weighted by Crippen LogP contribution is 2.38. The third-order valence-electron chi connectivity index (χ3n) is 20.5. The second-order valence-electron chi connectivity index (χ2n) is 27.6. The summed E-state index contributed by atoms with van der Waals surface area (Å²) in [6.07, 6.45) is -36.7. The highest BCUT2D eigenvalue weighted by atomic mass is 35.5. The van der Waals surface area contributed by atoms with Gasteiger partial charge in [0.05, 0.1) is 60.9 Å². The Labute approximate surface area is 586 Å². The van der Waals surface area contributed by atoms with Crippen molar-refractivity contribution >= 4 is 12.4 Å². The Balaban J connectivity index is 0.0000119. The zero-order valence-electron chi connectivity index (χ0n) is 55.9. The van der Waals surface area contributed by atoms with Gasteiger partial charge in [0.25, 0.3) is 0 Å². The molecule has 0 bridgehead atoms. The van der Waals surface area contributed by atoms with Crippen LogP contribution in [-0.2, 0) is 82.8 Å². The molecule has 580 valence electrons. The Morgan fingerprint density at radius 3 is 0.921 bits per heavy atom. The molecule has 42 nitrogen and oxygen atoms in total. The maximum atomic E-state index is 12.1. The van der Waals surface area contributed by atoms with Crippen molar-refractivity contribution in [3.8, 4) is 0 Å². The number of halogens is 1. The van der Waals surface area contributed by atoms with E-state index in [1.165, 1.54) is 9.36 Å². The summed E-state index contributed by atoms with van der Waals surface area (Å²) in [6.45, 7) is 2.80. The van der Waals surface area contributed by atoms with E-state index in [0.717, 1.165) is 11.1 Å². The fourth-order valence-electron chi connectivity index (χ4n) is 14.0. The van der Waals surface area contributed by atoms with Gasteiger partial charge in [0.2, 0.25) is 0 Å². The van der Waals surface area contributed by atoms with E-state index in [1.807, 2.05) is 13.8 Å². The molecule has 43 heteroatoms. The van der Waals surface area contributed by atoms with Crippen LogP contribution >= 0.6 is 12.4 Å². The lowest BCUT2D eigenvalue weighted by molar-refractivity contribution is -0.306. The zero-order chi connectivity index (χ0) is 72.6. The van der Waals surface area contributed by atoms with E-state index in [2.05, 4.69) is 20.6 Å². The number of nitrogens with two attached hydrogens (primary N) is 12. The number of ether oxygens (including phenoxy) is 12. The van der Waals surface area contributed by atoms with E-state index in [-0.39, 0.29) is 64.5 Å². The summed E-state index contributed by atoms with van der Waals surface area (Å²) in [5.41, 5.74) is 77.4. The Morgan fingerprint density at radius 1 is 0.366 bits per heavy atom. The van der Waals surface area contributed by atoms with Crippen LogP contribution in [0.1, 0.15) is 50.9 Å². The number of aliphatic hydroxyl groups excluding tert-OH is 12. The fourth-order valence-corrected chi connectivity index (χ4v) is 14.0. The maximum Gasteiger partial charge on any atom is 0.187 e. The van der Waals surface area contributed by atoms with Crippen molar-refractivity contribution in [3.63, 3.8) is 0 Å². The van der Waals surface area contributed by atoms with Crippen molar-refractivity contribution < 1.29 is 118 Å². The first kappa shape index (κ1) is 81.9. The minimum atomic E-state index is -1.69. The van der Waals surface area contributed by atoms with Gasteiger partial charge in [0.1, 0.15) is 134 Å². The number of rotatable bonds is 26. The van der Waals surface area contributed by atoms with Gasteiger partial charge in [-0.05, 0) is 52.4 Å². The molecule has 36 N–H and O–H groups in total. The van der Waals surface area contributed by atoms with E-state index >= 15 is 0 Å². The summed E-state index contributed by atoms with van der Waals surface area (Å²) in [5, 5.41) is 150. The number of hydrogen-bond acceptors (Lipinski definition) is 40. The van der Waals surface area contributed by atoms with Crippen LogP contribution in [0.5, 0.6) is 0 Å². The van der Waals surface area contributed by atoms with Gasteiger partial charge in [-0.25, -0.2) is 9.36 Å². The molecule has 8 heterocycles. The quantitative estimate of drug-likeness (QED) is 0.0389. The topological polar surface area (TPSA) is 727 Å². The molecular weight excluding hydrogens is 1370 g/mol. The van der Waals surface area contributed by atoms with E-state index in [0.29, 0.717) is 37.1 Å². The summed E-state index contributed by atoms with van der Waals surface area (Å²) in [7, 11) is 0. The number of aromatic nitrogens is 6. The van der Waals surface area contributed by atoms with Gasteiger partial charge < -0.3 is 187 Å². The van der Waals surface area contributed by atoms with Gasteiger partial charge in [-0.3, -0.25) is 0 Å². The molecule has 10 rings (SSSR count). The molecule has 8 aliphatic rings. The van der Waals surface area contributed by atoms with Crippen molar-refractivity contribution in [1.82, 2.24) is 30.0 Å². The van der Waals surface area contributed by atoms with Crippen LogP contribution in [0.3, 0.4) is 0 Å². The Kier molecular flexibility index (Phi) is 28.6. The summed E-state index contributed by atoms with van der Waals surface area (Å²) in [6, 6.07) is -9.07. The molecule has 0 spiro atoms. The van der Waals surface area contributed by atoms with Crippen LogP contribution in [0, 0.1) is 0 Å². The molecule has 101 heavy (non-hydrogen) atoms. The summed E-state index contributed by atoms with van der Waals surface area (Å²) >= 11 is 0. The van der Waals surface area contributed by atoms with Crippen molar-refractivity contribution in [2.24, 2.45) is 68.8 Å². The first-order valence-electron chi connectivity index (χ1n) is 33.8. The number of aryl methyl sites for hydroxylation is 2. The molecule has 0 unspecified atom stereocenters. The molecule has 2 aromatic heterocycles. The van der Waals surface area contributed by atoms with E-state index in [9.17, 15) is 61.3 Å². The Bertz CT molecular complexity index is 2740. The van der Waals surface area contributed by atoms with Gasteiger partial charge in [0.15, 0.2) is 37.7 Å². The van der Waals surface area contributed by atoms with Crippen molar-refractivity contribution in [3.05, 3.63) is 34.9 Å². The van der Waals surface area contributed by atoms with Crippen LogP contribution in [0.2, 0.25) is 0 Å². The number of allylic oxidation sites excluding steroid dienone is 2. The van der Waals surface area contributed by atoms with Crippen molar-refractivity contribution in [1.29, 1.82) is 0 Å². The van der Waals surface area contributed by atoms with Crippen molar-refractivity contribution in [2.75, 3.05) is 26.2 Å². The van der Waals surface area contributed by atoms with Crippen LogP contribution in [-0.4, -0.2) is 350 Å². The van der Waals surface area contributed by atoms with E-state index in [1.54, 1.807) is 12.4 Å². The van der Waals surface area contributed by atoms with Crippen LogP contribution in [0.4, 0.5) is 0 Å². The second-order valence-corrected chi connectivity index (χ2v) is 27.6. The SMILES string of the molecule is C/C(CCc1cn(C[C@H]2O[C@@H](O[C@@H]3[C@@H](O)[C@H](N)C[C@H](N)[C@H]3O[C@H]3O[C@H](CN)[C@@H](O)[C@H](O)[C@H]3N)[C@H](O)[C@@H]2O[C@H]2O[C@@H](CN)[C@@H](O)[C@H](O)[C@H]2N)nn1)=C(/C)CCc1cn(C[C@H]2O[C@@H](O[C@@H]3[C@@H](O)[C@H](N)C[C@H](N)[C@H]3O[C@H]3O[C@H](CN)[C@@H](O)[C@H](O)[C@H]3N)[C@H](O)[C@@H]2O[C@H]2O[C@@H](CN)[C@@H](O)[C@H](O)[C@H]2N)nn1.Cl. The summed E-state index contributed by atoms with van der Waals surface area (Å²) < 4.78 is 76.7. The maximum absolute atomic E-state index is 12.1. The molecule has 2 aromatic rings. The predicted octanol–water partition coefficient (Wildman–Crippen LogP) is -14.6. The summed E-state index contributed by atoms with van der Waals surface area (Å²) in [4.78, 5) is 0. The largest absolute Gasteiger partial charge is 0.389 e. The smallest absolute Gasteiger partial charge is 0.187 e. The van der Waals surface area contributed by atoms with E-state index < -0.39 is 233 Å². The molecule has 0 amide bonds. The molecule has 6 saturated heterocycles. The average molecular weight is 1480 g/mol. The molecule has 8 fully saturated rings. The molecule has 38 atom stereocenters. The van der Waals surface area contributed by atoms with Gasteiger partial charge >= 0.3 is 0 Å². The molecule has 2 aliphatic carbocycles. The van der Waals surface area contributed by atoms with E-state index in [4.69, 9.17) is 126 Å². The molecular formula is C58H107ClN18O24. The van der Waals surface area contributed by atoms with Crippen LogP contribution < -0.4 is 68.8 Å². The average Bonchev–Trinajstić information content (AvgIpc) is 1.72. The lowest BCUT2D eigenvalue weighted by atomic mass is 9.84. The standard InChI is InChI=1S/C58H106N18O24.ClH/c1-17(3-5-19-13-75(73-71-19)15-29-49(97-55-33(69)43(85)39(81)27(11-61)91-55)45(87)57(93-29)99-51-35(77)21(63)7-23(65)47(51)95-53-31(67)41(83)37(79)25(9-59)89-53)18(2)4-6-20-14-76(74-72-20)16-30-50(98-56-34(70)44(86)40(82)28(12-62)92-56)46(88)58(94-30)100-52-36(78)22(64)8-24(66)48(52)96-54-32(68)42(84)38(80)26(10-60)90-54;/h13-14,21-58,77-88H,3-12,15-16,59-70H2,1-2H3;1H/b18-17+;/t21-,22-,23+,24+,25-,26-,27+,28+,29-,30-,31-,32-,33-,34-,35+,36+,37-,38-,39-,40-,41-,42-,43-,44-,45-,46-,47-,48-,49-,50-,51-,52-,53-,54-,55-,56-,57+,58+;/m1./s1. The lowest BCUT2D eigenvalue weighted by Crippen LogP contribution is -2.68. The molecule has 0 radical (unpaired) electrons. The van der Waals surface area contributed by atoms with Crippen molar-refractivity contribution in [2.45, 2.75) is 298 Å². The highest BCUT2D eigenvalue weighted by molar-refractivity contribution is 5.85. The first-order chi connectivity index (χ1) is 47.5. The summed E-state index contributed by atoms with van der Waals surface area (Å²) in [5.74, 6) is 0. The number of hydrogen-bond donors (Lipinski definition) is 24. The third-order valence-corrected chi connectivity index (χ3v) is 20.5. The molecule has 2 saturated carbocycles. The van der Waals surface area contributed by atoms with Crippen LogP contribution in [0.15, 0.2) is 23.5 Å². The van der Waals surface area contributed by atoms with Crippen LogP contribution in [0.25, 0.3) is 0 Å².